The number of ether oxygens (including phenoxy) is 2. The largest absolute Gasteiger partial charge is 0.497 e. The number of alkyl carbamates (subject to hydrolysis) is 1. The summed E-state index contributed by atoms with van der Waals surface area (Å²) < 4.78 is 10.3. The van der Waals surface area contributed by atoms with Crippen LogP contribution in [0, 0.1) is 0 Å². The van der Waals surface area contributed by atoms with Crippen molar-refractivity contribution in [2.45, 2.75) is 32.3 Å². The number of benzene rings is 1. The van der Waals surface area contributed by atoms with Gasteiger partial charge in [0.05, 0.1) is 7.11 Å². The second-order valence-electron chi connectivity index (χ2n) is 5.70. The quantitative estimate of drug-likeness (QED) is 0.876. The topological polar surface area (TPSA) is 73.6 Å². The van der Waals surface area contributed by atoms with Crippen LogP contribution in [0.25, 0.3) is 0 Å². The van der Waals surface area contributed by atoms with Crippen molar-refractivity contribution in [3.8, 4) is 5.75 Å². The highest BCUT2D eigenvalue weighted by Crippen LogP contribution is 2.27. The molecule has 0 fully saturated rings. The van der Waals surface area contributed by atoms with Crippen LogP contribution in [0.5, 0.6) is 5.75 Å². The van der Waals surface area contributed by atoms with Gasteiger partial charge in [0.1, 0.15) is 11.4 Å². The molecule has 6 heteroatoms. The fourth-order valence-electron chi connectivity index (χ4n) is 1.81. The van der Waals surface area contributed by atoms with Gasteiger partial charge < -0.3 is 20.5 Å². The van der Waals surface area contributed by atoms with Gasteiger partial charge in [0.2, 0.25) is 0 Å². The second-order valence-corrected chi connectivity index (χ2v) is 6.11. The minimum absolute atomic E-state index is 0.0871. The highest BCUT2D eigenvalue weighted by atomic mass is 35.5. The third-order valence-electron chi connectivity index (χ3n) is 2.82. The summed E-state index contributed by atoms with van der Waals surface area (Å²) in [5.41, 5.74) is 6.12. The van der Waals surface area contributed by atoms with E-state index in [1.54, 1.807) is 13.2 Å². The molecule has 1 aromatic carbocycles. The van der Waals surface area contributed by atoms with Gasteiger partial charge in [0.25, 0.3) is 0 Å². The molecule has 0 saturated heterocycles. The monoisotopic (exact) mass is 314 g/mol. The lowest BCUT2D eigenvalue weighted by Crippen LogP contribution is -2.36. The number of halogens is 1. The molecule has 3 N–H and O–H groups in total. The molecule has 0 aliphatic heterocycles. The molecule has 1 amide bonds. The zero-order valence-corrected chi connectivity index (χ0v) is 13.7. The number of hydrogen-bond donors (Lipinski definition) is 2. The van der Waals surface area contributed by atoms with Crippen molar-refractivity contribution in [2.75, 3.05) is 20.2 Å². The van der Waals surface area contributed by atoms with E-state index in [4.69, 9.17) is 26.8 Å². The summed E-state index contributed by atoms with van der Waals surface area (Å²) in [5, 5.41) is 3.28. The summed E-state index contributed by atoms with van der Waals surface area (Å²) in [6.45, 7) is 6.16. The van der Waals surface area contributed by atoms with Gasteiger partial charge in [-0.3, -0.25) is 0 Å². The Labute approximate surface area is 130 Å². The Balaban J connectivity index is 2.69. The van der Waals surface area contributed by atoms with Crippen LogP contribution in [-0.4, -0.2) is 31.9 Å². The van der Waals surface area contributed by atoms with E-state index in [1.807, 2.05) is 32.9 Å². The normalized spacial score (nSPS) is 12.7. The Morgan fingerprint density at radius 3 is 2.57 bits per heavy atom. The fourth-order valence-corrected chi connectivity index (χ4v) is 2.13. The van der Waals surface area contributed by atoms with Gasteiger partial charge in [-0.15, -0.1) is 0 Å². The van der Waals surface area contributed by atoms with Gasteiger partial charge in [-0.25, -0.2) is 4.79 Å². The standard InChI is InChI=1S/C15H23ClN2O3/c1-15(2,3)21-14(19)18-9-10(8-17)12-6-5-11(20-4)7-13(12)16/h5-7,10H,8-9,17H2,1-4H3,(H,18,19). The zero-order valence-electron chi connectivity index (χ0n) is 12.9. The summed E-state index contributed by atoms with van der Waals surface area (Å²) in [6, 6.07) is 5.40. The summed E-state index contributed by atoms with van der Waals surface area (Å²) in [6.07, 6.45) is -0.467. The van der Waals surface area contributed by atoms with E-state index in [2.05, 4.69) is 5.32 Å². The molecular weight excluding hydrogens is 292 g/mol. The fraction of sp³-hybridized carbons (Fsp3) is 0.533. The summed E-state index contributed by atoms with van der Waals surface area (Å²) in [7, 11) is 1.58. The first-order chi connectivity index (χ1) is 9.76. The molecule has 0 spiro atoms. The van der Waals surface area contributed by atoms with Crippen molar-refractivity contribution in [3.05, 3.63) is 28.8 Å². The zero-order chi connectivity index (χ0) is 16.0. The first kappa shape index (κ1) is 17.6. The first-order valence-corrected chi connectivity index (χ1v) is 7.15. The van der Waals surface area contributed by atoms with Gasteiger partial charge in [0, 0.05) is 24.0 Å². The molecule has 0 radical (unpaired) electrons. The number of carbonyl (C=O) groups excluding carboxylic acids is 1. The van der Waals surface area contributed by atoms with Crippen LogP contribution in [0.3, 0.4) is 0 Å². The van der Waals surface area contributed by atoms with Crippen LogP contribution >= 0.6 is 11.6 Å². The Bertz CT molecular complexity index is 486. The smallest absolute Gasteiger partial charge is 0.407 e. The molecule has 118 valence electrons. The van der Waals surface area contributed by atoms with E-state index < -0.39 is 11.7 Å². The average Bonchev–Trinajstić information content (AvgIpc) is 2.38. The average molecular weight is 315 g/mol. The SMILES string of the molecule is COc1ccc(C(CN)CNC(=O)OC(C)(C)C)c(Cl)c1. The van der Waals surface area contributed by atoms with E-state index in [9.17, 15) is 4.79 Å². The van der Waals surface area contributed by atoms with Crippen molar-refractivity contribution in [2.24, 2.45) is 5.73 Å². The summed E-state index contributed by atoms with van der Waals surface area (Å²) in [5.74, 6) is 0.593. The van der Waals surface area contributed by atoms with Crippen LogP contribution in [0.2, 0.25) is 5.02 Å². The highest BCUT2D eigenvalue weighted by Gasteiger charge is 2.19. The first-order valence-electron chi connectivity index (χ1n) is 6.77. The van der Waals surface area contributed by atoms with Gasteiger partial charge in [-0.2, -0.15) is 0 Å². The van der Waals surface area contributed by atoms with Gasteiger partial charge in [-0.1, -0.05) is 17.7 Å². The molecule has 1 atom stereocenters. The maximum Gasteiger partial charge on any atom is 0.407 e. The molecular formula is C15H23ClN2O3. The third kappa shape index (κ3) is 5.81. The Hall–Kier alpha value is -1.46. The molecule has 0 saturated carbocycles. The van der Waals surface area contributed by atoms with Crippen molar-refractivity contribution < 1.29 is 14.3 Å². The number of nitrogens with one attached hydrogen (secondary N) is 1. The van der Waals surface area contributed by atoms with E-state index in [-0.39, 0.29) is 5.92 Å². The molecule has 21 heavy (non-hydrogen) atoms. The number of nitrogens with two attached hydrogens (primary N) is 1. The molecule has 0 heterocycles. The van der Waals surface area contributed by atoms with E-state index in [1.165, 1.54) is 0 Å². The number of hydrogen-bond acceptors (Lipinski definition) is 4. The van der Waals surface area contributed by atoms with Crippen molar-refractivity contribution in [1.29, 1.82) is 0 Å². The van der Waals surface area contributed by atoms with E-state index >= 15 is 0 Å². The molecule has 0 bridgehead atoms. The molecule has 1 rings (SSSR count). The van der Waals surface area contributed by atoms with Crippen LogP contribution in [-0.2, 0) is 4.74 Å². The summed E-state index contributed by atoms with van der Waals surface area (Å²) >= 11 is 6.22. The predicted molar refractivity (Wildman–Crippen MR) is 84.0 cm³/mol. The Morgan fingerprint density at radius 1 is 1.43 bits per heavy atom. The number of methoxy groups -OCH3 is 1. The summed E-state index contributed by atoms with van der Waals surface area (Å²) in [4.78, 5) is 11.7. The number of amides is 1. The predicted octanol–water partition coefficient (Wildman–Crippen LogP) is 2.92. The lowest BCUT2D eigenvalue weighted by atomic mass is 9.99. The maximum absolute atomic E-state index is 11.7. The minimum Gasteiger partial charge on any atom is -0.497 e. The maximum atomic E-state index is 11.7. The molecule has 0 aromatic heterocycles. The molecule has 0 aliphatic rings. The van der Waals surface area contributed by atoms with Crippen LogP contribution < -0.4 is 15.8 Å². The van der Waals surface area contributed by atoms with Crippen LogP contribution in [0.15, 0.2) is 18.2 Å². The number of carbonyl (C=O) groups is 1. The third-order valence-corrected chi connectivity index (χ3v) is 3.15. The Kier molecular flexibility index (Phi) is 6.30. The van der Waals surface area contributed by atoms with Crippen LogP contribution in [0.4, 0.5) is 4.79 Å². The number of rotatable bonds is 5. The molecule has 5 nitrogen and oxygen atoms in total. The second kappa shape index (κ2) is 7.52. The highest BCUT2D eigenvalue weighted by molar-refractivity contribution is 6.31. The van der Waals surface area contributed by atoms with Gasteiger partial charge in [0.15, 0.2) is 0 Å². The lowest BCUT2D eigenvalue weighted by Gasteiger charge is -2.22. The van der Waals surface area contributed by atoms with E-state index in [0.29, 0.717) is 23.9 Å². The van der Waals surface area contributed by atoms with Gasteiger partial charge >= 0.3 is 6.09 Å². The van der Waals surface area contributed by atoms with Gasteiger partial charge in [-0.05, 0) is 38.5 Å². The molecule has 0 aliphatic carbocycles. The Morgan fingerprint density at radius 2 is 2.10 bits per heavy atom. The lowest BCUT2D eigenvalue weighted by molar-refractivity contribution is 0.0525. The van der Waals surface area contributed by atoms with Crippen LogP contribution in [0.1, 0.15) is 32.3 Å². The van der Waals surface area contributed by atoms with Crippen molar-refractivity contribution in [1.82, 2.24) is 5.32 Å². The van der Waals surface area contributed by atoms with E-state index in [0.717, 1.165) is 5.56 Å². The minimum atomic E-state index is -0.528. The molecule has 1 aromatic rings. The van der Waals surface area contributed by atoms with Crippen molar-refractivity contribution >= 4 is 17.7 Å². The molecule has 1 unspecified atom stereocenters. The van der Waals surface area contributed by atoms with Crippen molar-refractivity contribution in [3.63, 3.8) is 0 Å².